The lowest BCUT2D eigenvalue weighted by molar-refractivity contribution is -0.323. The number of Topliss-reactive ketones (excluding diaryl/α,β-unsaturated/α-hetero) is 1. The van der Waals surface area contributed by atoms with Gasteiger partial charge >= 0.3 is 5.97 Å². The van der Waals surface area contributed by atoms with Crippen molar-refractivity contribution in [2.45, 2.75) is 115 Å². The van der Waals surface area contributed by atoms with Gasteiger partial charge in [-0.1, -0.05) is 34.4 Å². The Balaban J connectivity index is 1.11. The van der Waals surface area contributed by atoms with Crippen LogP contribution in [0.25, 0.3) is 10.8 Å². The maximum absolute atomic E-state index is 12.5. The van der Waals surface area contributed by atoms with Crippen LogP contribution in [-0.4, -0.2) is 104 Å². The lowest BCUT2D eigenvalue weighted by Crippen LogP contribution is -2.69. The highest BCUT2D eigenvalue weighted by molar-refractivity contribution is 8.76. The summed E-state index contributed by atoms with van der Waals surface area (Å²) in [5.74, 6) is -0.400. The zero-order chi connectivity index (χ0) is 38.9. The summed E-state index contributed by atoms with van der Waals surface area (Å²) >= 11 is 0. The molecule has 8 rings (SSSR count). The Kier molecular flexibility index (Phi) is 10.9. The highest BCUT2D eigenvalue weighted by Gasteiger charge is 2.60. The Morgan fingerprint density at radius 1 is 0.945 bits per heavy atom. The number of hydrogen-bond donors (Lipinski definition) is 6. The van der Waals surface area contributed by atoms with Crippen LogP contribution in [0.3, 0.4) is 0 Å². The van der Waals surface area contributed by atoms with E-state index in [-0.39, 0.29) is 44.6 Å². The van der Waals surface area contributed by atoms with E-state index in [4.69, 9.17) is 18.9 Å². The number of carboxylic acids is 1. The minimum absolute atomic E-state index is 0.0610. The summed E-state index contributed by atoms with van der Waals surface area (Å²) < 4.78 is 25.3. The van der Waals surface area contributed by atoms with E-state index in [0.717, 1.165) is 37.5 Å². The molecule has 3 heterocycles. The lowest BCUT2D eigenvalue weighted by Gasteiger charge is -2.54. The van der Waals surface area contributed by atoms with E-state index >= 15 is 0 Å². The number of phenolic OH excluding ortho intramolecular Hbond substituents is 2. The number of aromatic carboxylic acids is 1. The number of aliphatic hydroxyl groups excluding tert-OH is 3. The second-order valence-electron chi connectivity index (χ2n) is 17.5. The molecule has 0 aromatic heterocycles. The normalized spacial score (nSPS) is 37.5. The Hall–Kier alpha value is -2.30. The van der Waals surface area contributed by atoms with E-state index in [1.807, 2.05) is 0 Å². The van der Waals surface area contributed by atoms with Gasteiger partial charge in [-0.15, -0.1) is 0 Å². The fraction of sp³-hybridized carbons (Fsp3) is 0.707. The molecule has 10 unspecified atom stereocenters. The van der Waals surface area contributed by atoms with Crippen LogP contribution in [0, 0.1) is 41.4 Å². The molecule has 3 aliphatic carbocycles. The summed E-state index contributed by atoms with van der Waals surface area (Å²) in [7, 11) is 3.24. The van der Waals surface area contributed by atoms with Crippen molar-refractivity contribution in [1.29, 1.82) is 0 Å². The van der Waals surface area contributed by atoms with E-state index in [9.17, 15) is 40.2 Å². The Labute approximate surface area is 329 Å². The molecule has 0 bridgehead atoms. The number of hydrogen-bond acceptors (Lipinski definition) is 13. The van der Waals surface area contributed by atoms with Gasteiger partial charge in [0, 0.05) is 23.3 Å². The smallest absolute Gasteiger partial charge is 0.335 e. The largest absolute Gasteiger partial charge is 0.507 e. The molecular formula is C41H54O12S2. The number of carboxylic acid groups (broad SMARTS) is 1. The molecule has 0 amide bonds. The summed E-state index contributed by atoms with van der Waals surface area (Å²) in [4.78, 5) is 24.7. The maximum Gasteiger partial charge on any atom is 0.335 e. The molecule has 3 spiro atoms. The van der Waals surface area contributed by atoms with Crippen LogP contribution in [-0.2, 0) is 14.2 Å². The van der Waals surface area contributed by atoms with Gasteiger partial charge in [0.2, 0.25) is 6.29 Å². The standard InChI is InChI=1S/C41H54O12S2/c1-21-30(22(2)43)34(45)32-27(33(21)44)11-24(37(48)49)12-28(32)52-38-35(46)36(47)41(29(15-42)53-38)8-5-23-13-40(10-9-39(19-40)6-3-4-7-39)14-25-16-50-17-26(31(23)25)18-54-55-20-51-41/h11-12,23,25-26,29,31,35-36,38,42,44-47H,3-10,13-20H2,1-2H3,(H,48,49). The van der Waals surface area contributed by atoms with Crippen molar-refractivity contribution in [1.82, 2.24) is 0 Å². The van der Waals surface area contributed by atoms with Crippen molar-refractivity contribution < 1.29 is 59.2 Å². The van der Waals surface area contributed by atoms with Crippen LogP contribution in [0.4, 0.5) is 0 Å². The molecular weight excluding hydrogens is 749 g/mol. The first-order chi connectivity index (χ1) is 26.3. The molecule has 10 atom stereocenters. The van der Waals surface area contributed by atoms with Gasteiger partial charge in [0.25, 0.3) is 0 Å². The van der Waals surface area contributed by atoms with Crippen LogP contribution in [0.15, 0.2) is 12.1 Å². The van der Waals surface area contributed by atoms with E-state index in [0.29, 0.717) is 41.9 Å². The molecule has 3 saturated carbocycles. The highest BCUT2D eigenvalue weighted by atomic mass is 33.1. The third-order valence-electron chi connectivity index (χ3n) is 14.4. The number of ether oxygens (including phenoxy) is 4. The van der Waals surface area contributed by atoms with Crippen molar-refractivity contribution in [2.75, 3.05) is 31.5 Å². The van der Waals surface area contributed by atoms with Gasteiger partial charge in [-0.05, 0) is 118 Å². The Bertz CT molecular complexity index is 1810. The molecule has 2 aromatic carbocycles. The third kappa shape index (κ3) is 6.83. The number of ketones is 1. The average Bonchev–Trinajstić information content (AvgIpc) is 3.75. The van der Waals surface area contributed by atoms with Crippen LogP contribution in [0.5, 0.6) is 17.2 Å². The van der Waals surface area contributed by atoms with Gasteiger partial charge in [0.1, 0.15) is 47.1 Å². The first-order valence-electron chi connectivity index (χ1n) is 19.8. The van der Waals surface area contributed by atoms with Crippen LogP contribution < -0.4 is 4.74 Å². The first-order valence-corrected chi connectivity index (χ1v) is 22.3. The van der Waals surface area contributed by atoms with Crippen molar-refractivity contribution in [3.63, 3.8) is 0 Å². The lowest BCUT2D eigenvalue weighted by atomic mass is 9.55. The predicted molar refractivity (Wildman–Crippen MR) is 207 cm³/mol. The van der Waals surface area contributed by atoms with E-state index in [2.05, 4.69) is 0 Å². The maximum atomic E-state index is 12.5. The summed E-state index contributed by atoms with van der Waals surface area (Å²) in [5, 5.41) is 66.9. The zero-order valence-electron chi connectivity index (χ0n) is 31.5. The molecule has 12 nitrogen and oxygen atoms in total. The number of carbonyl (C=O) groups excluding carboxylic acids is 1. The number of aliphatic hydroxyl groups is 3. The molecule has 55 heavy (non-hydrogen) atoms. The Morgan fingerprint density at radius 2 is 1.67 bits per heavy atom. The molecule has 0 radical (unpaired) electrons. The van der Waals surface area contributed by atoms with Crippen molar-refractivity contribution in [3.05, 3.63) is 28.8 Å². The minimum atomic E-state index is -1.74. The topological polar surface area (TPSA) is 192 Å². The second-order valence-corrected chi connectivity index (χ2v) is 20.0. The summed E-state index contributed by atoms with van der Waals surface area (Å²) in [6.45, 7) is 3.59. The molecule has 2 aromatic rings. The van der Waals surface area contributed by atoms with Gasteiger partial charge in [-0.25, -0.2) is 4.79 Å². The molecule has 302 valence electrons. The summed E-state index contributed by atoms with van der Waals surface area (Å²) in [6.07, 6.45) is 6.33. The number of rotatable bonds is 5. The third-order valence-corrected chi connectivity index (χ3v) is 16.6. The number of fused-ring (bicyclic) bond motifs is 1. The number of aromatic hydroxyl groups is 2. The minimum Gasteiger partial charge on any atom is -0.507 e. The monoisotopic (exact) mass is 802 g/mol. The zero-order valence-corrected chi connectivity index (χ0v) is 33.2. The van der Waals surface area contributed by atoms with Gasteiger partial charge in [0.15, 0.2) is 5.78 Å². The molecule has 6 N–H and O–H groups in total. The van der Waals surface area contributed by atoms with Crippen LogP contribution in [0.1, 0.15) is 104 Å². The average molecular weight is 803 g/mol. The van der Waals surface area contributed by atoms with Crippen LogP contribution in [0.2, 0.25) is 0 Å². The molecule has 6 fully saturated rings. The van der Waals surface area contributed by atoms with Gasteiger partial charge in [-0.2, -0.15) is 0 Å². The summed E-state index contributed by atoms with van der Waals surface area (Å²) in [6, 6.07) is 2.25. The molecule has 3 aliphatic heterocycles. The second kappa shape index (κ2) is 15.1. The first kappa shape index (κ1) is 39.5. The molecule has 14 heteroatoms. The van der Waals surface area contributed by atoms with Crippen molar-refractivity contribution >= 4 is 44.1 Å². The van der Waals surface area contributed by atoms with Crippen LogP contribution >= 0.6 is 21.6 Å². The number of benzene rings is 2. The van der Waals surface area contributed by atoms with Crippen molar-refractivity contribution in [3.8, 4) is 17.2 Å². The molecule has 6 aliphatic rings. The van der Waals surface area contributed by atoms with Crippen molar-refractivity contribution in [2.24, 2.45) is 34.5 Å². The van der Waals surface area contributed by atoms with Gasteiger partial charge in [0.05, 0.1) is 29.7 Å². The predicted octanol–water partition coefficient (Wildman–Crippen LogP) is 6.19. The Morgan fingerprint density at radius 3 is 2.40 bits per heavy atom. The fourth-order valence-corrected chi connectivity index (χ4v) is 14.2. The van der Waals surface area contributed by atoms with Gasteiger partial charge in [-0.3, -0.25) is 4.79 Å². The number of carbonyl (C=O) groups is 2. The highest BCUT2D eigenvalue weighted by Crippen LogP contribution is 2.66. The quantitative estimate of drug-likeness (QED) is 0.114. The fourth-order valence-electron chi connectivity index (χ4n) is 12.1. The van der Waals surface area contributed by atoms with E-state index in [1.165, 1.54) is 76.0 Å². The van der Waals surface area contributed by atoms with Gasteiger partial charge < -0.3 is 49.6 Å². The SMILES string of the molecule is CC(=O)c1c(C)c(O)c2cc(C(=O)O)cc(OC3OC(CO)C4(CCC5CC6(CCC7(CCCC7)C6)CC6COCC(CSSCO4)C56)C(O)C3O)c2c1O. The number of phenols is 2. The summed E-state index contributed by atoms with van der Waals surface area (Å²) in [5.41, 5.74) is -1.18. The van der Waals surface area contributed by atoms with E-state index < -0.39 is 60.1 Å². The van der Waals surface area contributed by atoms with E-state index in [1.54, 1.807) is 10.8 Å². The molecule has 3 saturated heterocycles.